The van der Waals surface area contributed by atoms with Crippen molar-refractivity contribution >= 4 is 39.0 Å². The molecule has 25 heavy (non-hydrogen) atoms. The second-order valence-corrected chi connectivity index (χ2v) is 8.46. The molecular formula is C16H18Cl2N4O2S. The van der Waals surface area contributed by atoms with Crippen LogP contribution in [0.25, 0.3) is 0 Å². The van der Waals surface area contributed by atoms with Crippen LogP contribution in [0.3, 0.4) is 0 Å². The quantitative estimate of drug-likeness (QED) is 0.833. The lowest BCUT2D eigenvalue weighted by atomic mass is 10.4. The fourth-order valence-electron chi connectivity index (χ4n) is 2.72. The number of aryl methyl sites for hydroxylation is 1. The van der Waals surface area contributed by atoms with Gasteiger partial charge in [-0.05, 0) is 38.0 Å². The molecule has 1 aromatic heterocycles. The monoisotopic (exact) mass is 400 g/mol. The summed E-state index contributed by atoms with van der Waals surface area (Å²) in [5.41, 5.74) is 0.798. The SMILES string of the molecule is Cc1cc(N2CCCC2)nc(CNS(=O)(=O)c2cc(Cl)ccc2Cl)n1. The molecule has 2 aromatic rings. The summed E-state index contributed by atoms with van der Waals surface area (Å²) in [7, 11) is -3.82. The van der Waals surface area contributed by atoms with Gasteiger partial charge in [0.05, 0.1) is 11.6 Å². The molecule has 134 valence electrons. The maximum Gasteiger partial charge on any atom is 0.242 e. The molecule has 1 N–H and O–H groups in total. The molecule has 0 bridgehead atoms. The molecule has 9 heteroatoms. The van der Waals surface area contributed by atoms with E-state index < -0.39 is 10.0 Å². The smallest absolute Gasteiger partial charge is 0.242 e. The third kappa shape index (κ3) is 4.41. The van der Waals surface area contributed by atoms with Gasteiger partial charge in [0.25, 0.3) is 0 Å². The first-order chi connectivity index (χ1) is 11.8. The minimum atomic E-state index is -3.82. The molecule has 0 spiro atoms. The molecule has 0 amide bonds. The van der Waals surface area contributed by atoms with E-state index in [2.05, 4.69) is 19.6 Å². The number of rotatable bonds is 5. The summed E-state index contributed by atoms with van der Waals surface area (Å²) >= 11 is 11.9. The summed E-state index contributed by atoms with van der Waals surface area (Å²) in [6.07, 6.45) is 2.27. The Bertz CT molecular complexity index is 884. The molecule has 1 aliphatic heterocycles. The zero-order valence-corrected chi connectivity index (χ0v) is 16.0. The average molecular weight is 401 g/mol. The summed E-state index contributed by atoms with van der Waals surface area (Å²) in [6.45, 7) is 3.76. The van der Waals surface area contributed by atoms with E-state index in [4.69, 9.17) is 23.2 Å². The third-order valence-corrected chi connectivity index (χ3v) is 6.04. The van der Waals surface area contributed by atoms with E-state index in [0.29, 0.717) is 10.8 Å². The van der Waals surface area contributed by atoms with Crippen LogP contribution in [0.4, 0.5) is 5.82 Å². The molecule has 1 aliphatic rings. The van der Waals surface area contributed by atoms with Crippen molar-refractivity contribution in [2.45, 2.75) is 31.2 Å². The molecule has 6 nitrogen and oxygen atoms in total. The molecule has 3 rings (SSSR count). The minimum absolute atomic E-state index is 0.0201. The van der Waals surface area contributed by atoms with Crippen LogP contribution in [0.1, 0.15) is 24.4 Å². The highest BCUT2D eigenvalue weighted by Crippen LogP contribution is 2.25. The first kappa shape index (κ1) is 18.4. The summed E-state index contributed by atoms with van der Waals surface area (Å²) < 4.78 is 27.5. The molecule has 0 radical (unpaired) electrons. The normalized spacial score (nSPS) is 14.9. The molecule has 0 aliphatic carbocycles. The maximum atomic E-state index is 12.5. The van der Waals surface area contributed by atoms with E-state index in [9.17, 15) is 8.42 Å². The number of aromatic nitrogens is 2. The average Bonchev–Trinajstić information content (AvgIpc) is 3.09. The Kier molecular flexibility index (Phi) is 5.48. The van der Waals surface area contributed by atoms with Crippen molar-refractivity contribution < 1.29 is 8.42 Å². The number of benzene rings is 1. The fraction of sp³-hybridized carbons (Fsp3) is 0.375. The first-order valence-corrected chi connectivity index (χ1v) is 10.1. The number of nitrogens with zero attached hydrogens (tertiary/aromatic N) is 3. The number of hydrogen-bond donors (Lipinski definition) is 1. The lowest BCUT2D eigenvalue weighted by molar-refractivity contribution is 0.579. The number of hydrogen-bond acceptors (Lipinski definition) is 5. The first-order valence-electron chi connectivity index (χ1n) is 7.89. The lowest BCUT2D eigenvalue weighted by Gasteiger charge is -2.17. The van der Waals surface area contributed by atoms with Gasteiger partial charge < -0.3 is 4.90 Å². The Morgan fingerprint density at radius 3 is 2.60 bits per heavy atom. The van der Waals surface area contributed by atoms with E-state index in [1.807, 2.05) is 13.0 Å². The van der Waals surface area contributed by atoms with Crippen molar-refractivity contribution in [3.05, 3.63) is 45.8 Å². The van der Waals surface area contributed by atoms with Crippen molar-refractivity contribution in [1.29, 1.82) is 0 Å². The van der Waals surface area contributed by atoms with Gasteiger partial charge in [0.2, 0.25) is 10.0 Å². The van der Waals surface area contributed by atoms with Crippen molar-refractivity contribution in [3.8, 4) is 0 Å². The van der Waals surface area contributed by atoms with Crippen LogP contribution in [0.15, 0.2) is 29.2 Å². The molecule has 2 heterocycles. The van der Waals surface area contributed by atoms with Crippen molar-refractivity contribution in [1.82, 2.24) is 14.7 Å². The topological polar surface area (TPSA) is 75.2 Å². The highest BCUT2D eigenvalue weighted by molar-refractivity contribution is 7.89. The van der Waals surface area contributed by atoms with Gasteiger partial charge in [-0.3, -0.25) is 0 Å². The van der Waals surface area contributed by atoms with Crippen LogP contribution in [0.5, 0.6) is 0 Å². The standard InChI is InChI=1S/C16H18Cl2N4O2S/c1-11-8-16(22-6-2-3-7-22)21-15(20-11)10-19-25(23,24)14-9-12(17)4-5-13(14)18/h4-5,8-9,19H,2-3,6-7,10H2,1H3. The van der Waals surface area contributed by atoms with Crippen LogP contribution >= 0.6 is 23.2 Å². The van der Waals surface area contributed by atoms with Crippen LogP contribution in [0, 0.1) is 6.92 Å². The summed E-state index contributed by atoms with van der Waals surface area (Å²) in [5, 5.41) is 0.410. The molecule has 1 aromatic carbocycles. The Morgan fingerprint density at radius 2 is 1.88 bits per heavy atom. The Morgan fingerprint density at radius 1 is 1.16 bits per heavy atom. The van der Waals surface area contributed by atoms with E-state index in [1.54, 1.807) is 0 Å². The van der Waals surface area contributed by atoms with Gasteiger partial charge in [0, 0.05) is 29.9 Å². The number of sulfonamides is 1. The molecule has 1 saturated heterocycles. The van der Waals surface area contributed by atoms with Gasteiger partial charge >= 0.3 is 0 Å². The fourth-order valence-corrected chi connectivity index (χ4v) is 4.46. The van der Waals surface area contributed by atoms with Crippen LogP contribution in [0.2, 0.25) is 10.0 Å². The molecule has 0 unspecified atom stereocenters. The van der Waals surface area contributed by atoms with Gasteiger partial charge in [-0.15, -0.1) is 0 Å². The van der Waals surface area contributed by atoms with E-state index in [1.165, 1.54) is 18.2 Å². The second-order valence-electron chi connectivity index (χ2n) is 5.88. The molecular weight excluding hydrogens is 383 g/mol. The number of nitrogens with one attached hydrogen (secondary N) is 1. The van der Waals surface area contributed by atoms with E-state index >= 15 is 0 Å². The Labute approximate surface area is 157 Å². The predicted octanol–water partition coefficient (Wildman–Crippen LogP) is 3.17. The highest BCUT2D eigenvalue weighted by Gasteiger charge is 2.20. The van der Waals surface area contributed by atoms with E-state index in [0.717, 1.165) is 37.4 Å². The van der Waals surface area contributed by atoms with Crippen molar-refractivity contribution in [2.75, 3.05) is 18.0 Å². The van der Waals surface area contributed by atoms with Gasteiger partial charge in [-0.1, -0.05) is 23.2 Å². The zero-order chi connectivity index (χ0) is 18.0. The third-order valence-electron chi connectivity index (χ3n) is 3.92. The summed E-state index contributed by atoms with van der Waals surface area (Å²) in [4.78, 5) is 10.9. The van der Waals surface area contributed by atoms with Crippen molar-refractivity contribution in [3.63, 3.8) is 0 Å². The van der Waals surface area contributed by atoms with Crippen LogP contribution in [-0.2, 0) is 16.6 Å². The van der Waals surface area contributed by atoms with Gasteiger partial charge in [-0.25, -0.2) is 23.1 Å². The Balaban J connectivity index is 1.79. The van der Waals surface area contributed by atoms with Crippen molar-refractivity contribution in [2.24, 2.45) is 0 Å². The van der Waals surface area contributed by atoms with Gasteiger partial charge in [0.15, 0.2) is 0 Å². The Hall–Kier alpha value is -1.41. The van der Waals surface area contributed by atoms with Crippen LogP contribution < -0.4 is 9.62 Å². The van der Waals surface area contributed by atoms with E-state index in [-0.39, 0.29) is 16.5 Å². The molecule has 0 saturated carbocycles. The number of anilines is 1. The van der Waals surface area contributed by atoms with Gasteiger partial charge in [0.1, 0.15) is 16.5 Å². The number of halogens is 2. The lowest BCUT2D eigenvalue weighted by Crippen LogP contribution is -2.26. The predicted molar refractivity (Wildman–Crippen MR) is 98.7 cm³/mol. The largest absolute Gasteiger partial charge is 0.357 e. The summed E-state index contributed by atoms with van der Waals surface area (Å²) in [5.74, 6) is 1.25. The zero-order valence-electron chi connectivity index (χ0n) is 13.7. The van der Waals surface area contributed by atoms with Crippen LogP contribution in [-0.4, -0.2) is 31.5 Å². The van der Waals surface area contributed by atoms with Gasteiger partial charge in [-0.2, -0.15) is 0 Å². The molecule has 0 atom stereocenters. The maximum absolute atomic E-state index is 12.5. The second kappa shape index (κ2) is 7.45. The minimum Gasteiger partial charge on any atom is -0.357 e. The highest BCUT2D eigenvalue weighted by atomic mass is 35.5. The molecule has 1 fully saturated rings. The summed E-state index contributed by atoms with van der Waals surface area (Å²) in [6, 6.07) is 6.22.